The maximum Gasteiger partial charge on any atom is 0.316 e. The molecule has 8 nitrogen and oxygen atoms in total. The molecule has 1 atom stereocenters. The van der Waals surface area contributed by atoms with Crippen LogP contribution >= 0.6 is 0 Å². The van der Waals surface area contributed by atoms with Gasteiger partial charge < -0.3 is 10.2 Å². The Morgan fingerprint density at radius 3 is 2.32 bits per heavy atom. The number of amidine groups is 1. The van der Waals surface area contributed by atoms with E-state index in [1.165, 1.54) is 32.1 Å². The summed E-state index contributed by atoms with van der Waals surface area (Å²) >= 11 is 0. The lowest BCUT2D eigenvalue weighted by molar-refractivity contribution is -0.525. The Kier molecular flexibility index (Phi) is 11.8. The molecule has 9 heteroatoms. The summed E-state index contributed by atoms with van der Waals surface area (Å²) in [5.41, 5.74) is 0. The molecule has 0 aromatic heterocycles. The third-order valence-electron chi connectivity index (χ3n) is 4.95. The van der Waals surface area contributed by atoms with Crippen molar-refractivity contribution in [3.63, 3.8) is 0 Å². The monoisotopic (exact) mass is 421 g/mol. The second-order valence-corrected chi connectivity index (χ2v) is 9.03. The average molecular weight is 422 g/mol. The number of Topliss-reactive ketones (excluding diaryl/α,β-unsaturated/α-hetero) is 1. The summed E-state index contributed by atoms with van der Waals surface area (Å²) in [6, 6.07) is 0. The molecule has 0 aromatic carbocycles. The van der Waals surface area contributed by atoms with Crippen molar-refractivity contribution in [2.24, 2.45) is 0 Å². The molecule has 1 heterocycles. The number of carbonyl (C=O) groups is 1. The molecular weight excluding hydrogens is 384 g/mol. The van der Waals surface area contributed by atoms with E-state index in [4.69, 9.17) is 4.55 Å². The molecule has 0 saturated carbocycles. The van der Waals surface area contributed by atoms with Gasteiger partial charge in [-0.2, -0.15) is 8.42 Å². The molecule has 0 aromatic rings. The zero-order valence-corrected chi connectivity index (χ0v) is 17.9. The number of ketones is 1. The fraction of sp³-hybridized carbons (Fsp3) is 0.895. The van der Waals surface area contributed by atoms with Crippen LogP contribution in [0.15, 0.2) is 0 Å². The minimum atomic E-state index is -4.28. The first-order valence-corrected chi connectivity index (χ1v) is 12.0. The largest absolute Gasteiger partial charge is 0.392 e. The van der Waals surface area contributed by atoms with Gasteiger partial charge >= 0.3 is 5.84 Å². The van der Waals surface area contributed by atoms with Crippen molar-refractivity contribution in [3.8, 4) is 0 Å². The van der Waals surface area contributed by atoms with Gasteiger partial charge in [-0.3, -0.25) is 18.8 Å². The Bertz CT molecular complexity index is 606. The van der Waals surface area contributed by atoms with Crippen molar-refractivity contribution >= 4 is 21.7 Å². The first-order valence-electron chi connectivity index (χ1n) is 10.4. The molecule has 0 aliphatic carbocycles. The Hall–Kier alpha value is -1.03. The first-order chi connectivity index (χ1) is 13.3. The molecule has 3 N–H and O–H groups in total. The van der Waals surface area contributed by atoms with E-state index >= 15 is 0 Å². The van der Waals surface area contributed by atoms with E-state index in [-0.39, 0.29) is 18.9 Å². The summed E-state index contributed by atoms with van der Waals surface area (Å²) in [5.74, 6) is -0.370. The highest BCUT2D eigenvalue weighted by molar-refractivity contribution is 7.85. The van der Waals surface area contributed by atoms with Gasteiger partial charge in [0.05, 0.1) is 6.61 Å². The van der Waals surface area contributed by atoms with E-state index < -0.39 is 22.0 Å². The Morgan fingerprint density at radius 1 is 1.14 bits per heavy atom. The van der Waals surface area contributed by atoms with Crippen molar-refractivity contribution in [3.05, 3.63) is 0 Å². The standard InChI is InChI=1S/C19H36N2O6S/c1-2-3-4-5-6-7-8-9-10-18(24)19-20(13-14-22)11-12-21(19)15-17(23)16-28(25,26)27/h17,22-23H,2-16H2,1H3/p+1. The lowest BCUT2D eigenvalue weighted by atomic mass is 10.1. The molecular formula is C19H37N2O6S+. The summed E-state index contributed by atoms with van der Waals surface area (Å²) < 4.78 is 32.4. The zero-order chi connectivity index (χ0) is 21.0. The molecule has 0 spiro atoms. The number of aliphatic hydroxyl groups is 2. The van der Waals surface area contributed by atoms with E-state index in [1.807, 2.05) is 0 Å². The van der Waals surface area contributed by atoms with E-state index in [0.717, 1.165) is 19.3 Å². The van der Waals surface area contributed by atoms with E-state index in [2.05, 4.69) is 6.92 Å². The predicted octanol–water partition coefficient (Wildman–Crippen LogP) is 1.05. The second kappa shape index (κ2) is 13.2. The number of hydrogen-bond donors (Lipinski definition) is 3. The minimum Gasteiger partial charge on any atom is -0.392 e. The molecule has 0 amide bonds. The third kappa shape index (κ3) is 9.95. The van der Waals surface area contributed by atoms with Gasteiger partial charge in [0, 0.05) is 6.42 Å². The van der Waals surface area contributed by atoms with Crippen molar-refractivity contribution in [1.29, 1.82) is 0 Å². The third-order valence-corrected chi connectivity index (χ3v) is 5.76. The summed E-state index contributed by atoms with van der Waals surface area (Å²) in [4.78, 5) is 14.5. The van der Waals surface area contributed by atoms with Crippen LogP contribution < -0.4 is 0 Å². The Labute approximate surface area is 169 Å². The van der Waals surface area contributed by atoms with Crippen LogP contribution in [-0.2, 0) is 14.9 Å². The fourth-order valence-corrected chi connectivity index (χ4v) is 4.20. The highest BCUT2D eigenvalue weighted by Gasteiger charge is 2.36. The first kappa shape index (κ1) is 25.0. The SMILES string of the molecule is CCCCCCCCCCC(=O)C1=[N+](CC(O)CS(=O)(=O)O)CCN1CCO. The molecule has 1 unspecified atom stereocenters. The van der Waals surface area contributed by atoms with Crippen LogP contribution in [0, 0.1) is 0 Å². The van der Waals surface area contributed by atoms with Crippen molar-refractivity contribution in [2.45, 2.75) is 70.8 Å². The highest BCUT2D eigenvalue weighted by Crippen LogP contribution is 2.12. The van der Waals surface area contributed by atoms with Crippen LogP contribution in [0.1, 0.15) is 64.7 Å². The van der Waals surface area contributed by atoms with Gasteiger partial charge in [0.2, 0.25) is 5.78 Å². The number of unbranched alkanes of at least 4 members (excludes halogenated alkanes) is 7. The van der Waals surface area contributed by atoms with Gasteiger partial charge in [-0.05, 0) is 6.42 Å². The zero-order valence-electron chi connectivity index (χ0n) is 17.1. The number of carbonyl (C=O) groups excluding carboxylic acids is 1. The summed E-state index contributed by atoms with van der Waals surface area (Å²) in [7, 11) is -4.28. The summed E-state index contributed by atoms with van der Waals surface area (Å²) in [6.45, 7) is 3.40. The van der Waals surface area contributed by atoms with Gasteiger partial charge in [0.25, 0.3) is 10.1 Å². The Morgan fingerprint density at radius 2 is 1.75 bits per heavy atom. The summed E-state index contributed by atoms with van der Waals surface area (Å²) in [5, 5.41) is 19.2. The van der Waals surface area contributed by atoms with Crippen LogP contribution in [0.5, 0.6) is 0 Å². The van der Waals surface area contributed by atoms with Gasteiger partial charge in [-0.1, -0.05) is 51.9 Å². The second-order valence-electron chi connectivity index (χ2n) is 7.53. The fourth-order valence-electron chi connectivity index (χ4n) is 3.60. The maximum atomic E-state index is 12.7. The van der Waals surface area contributed by atoms with Gasteiger partial charge in [-0.25, -0.2) is 0 Å². The smallest absolute Gasteiger partial charge is 0.316 e. The average Bonchev–Trinajstić information content (AvgIpc) is 2.98. The van der Waals surface area contributed by atoms with Crippen LogP contribution in [0.25, 0.3) is 0 Å². The van der Waals surface area contributed by atoms with Gasteiger partial charge in [0.1, 0.15) is 38.0 Å². The molecule has 0 fully saturated rings. The molecule has 0 bridgehead atoms. The molecule has 164 valence electrons. The molecule has 1 aliphatic rings. The van der Waals surface area contributed by atoms with Crippen molar-refractivity contribution < 1.29 is 32.6 Å². The lowest BCUT2D eigenvalue weighted by Crippen LogP contribution is -2.40. The predicted molar refractivity (Wildman–Crippen MR) is 108 cm³/mol. The van der Waals surface area contributed by atoms with Crippen LogP contribution in [0.2, 0.25) is 0 Å². The lowest BCUT2D eigenvalue weighted by Gasteiger charge is -2.13. The number of nitrogens with zero attached hydrogens (tertiary/aromatic N) is 2. The Balaban J connectivity index is 2.56. The van der Waals surface area contributed by atoms with E-state index in [9.17, 15) is 23.4 Å². The van der Waals surface area contributed by atoms with Crippen LogP contribution in [0.3, 0.4) is 0 Å². The topological polar surface area (TPSA) is 118 Å². The normalized spacial score (nSPS) is 16.1. The van der Waals surface area contributed by atoms with Crippen molar-refractivity contribution in [1.82, 2.24) is 4.90 Å². The molecule has 1 aliphatic heterocycles. The number of β-amino-alcohol motifs (C(OH)–C–C–N with tert-alkyl or cyclic N) is 2. The number of aliphatic hydroxyl groups excluding tert-OH is 2. The number of hydrogen-bond acceptors (Lipinski definition) is 6. The molecule has 28 heavy (non-hydrogen) atoms. The number of rotatable bonds is 16. The quantitative estimate of drug-likeness (QED) is 0.194. The molecule has 0 saturated heterocycles. The van der Waals surface area contributed by atoms with E-state index in [0.29, 0.717) is 31.9 Å². The maximum absolute atomic E-state index is 12.7. The molecule has 1 rings (SSSR count). The highest BCUT2D eigenvalue weighted by atomic mass is 32.2. The minimum absolute atomic E-state index is 0.0414. The van der Waals surface area contributed by atoms with Gasteiger partial charge in [0.15, 0.2) is 0 Å². The molecule has 0 radical (unpaired) electrons. The van der Waals surface area contributed by atoms with Crippen LogP contribution in [0.4, 0.5) is 0 Å². The van der Waals surface area contributed by atoms with Crippen LogP contribution in [-0.4, -0.2) is 88.9 Å². The van der Waals surface area contributed by atoms with Gasteiger partial charge in [-0.15, -0.1) is 0 Å². The van der Waals surface area contributed by atoms with E-state index in [1.54, 1.807) is 9.48 Å². The van der Waals surface area contributed by atoms with Crippen molar-refractivity contribution in [2.75, 3.05) is 38.5 Å². The summed E-state index contributed by atoms with van der Waals surface area (Å²) in [6.07, 6.45) is 8.23.